The quantitative estimate of drug-likeness (QED) is 0.0882. The van der Waals surface area contributed by atoms with Gasteiger partial charge in [0.1, 0.15) is 18.1 Å². The van der Waals surface area contributed by atoms with Gasteiger partial charge in [-0.15, -0.1) is 0 Å². The number of benzene rings is 2. The summed E-state index contributed by atoms with van der Waals surface area (Å²) in [6.07, 6.45) is 5.12. The lowest BCUT2D eigenvalue weighted by atomic mass is 10.0. The lowest BCUT2D eigenvalue weighted by Gasteiger charge is -2.25. The van der Waals surface area contributed by atoms with Gasteiger partial charge in [-0.25, -0.2) is 4.79 Å². The van der Waals surface area contributed by atoms with Gasteiger partial charge in [-0.05, 0) is 41.7 Å². The maximum atomic E-state index is 13.8. The van der Waals surface area contributed by atoms with Gasteiger partial charge < -0.3 is 42.5 Å². The van der Waals surface area contributed by atoms with Gasteiger partial charge in [0.2, 0.25) is 23.6 Å². The van der Waals surface area contributed by atoms with Gasteiger partial charge in [-0.2, -0.15) is 11.8 Å². The normalized spacial score (nSPS) is 13.9. The van der Waals surface area contributed by atoms with Crippen LogP contribution in [-0.4, -0.2) is 80.8 Å². The van der Waals surface area contributed by atoms with Gasteiger partial charge >= 0.3 is 5.97 Å². The summed E-state index contributed by atoms with van der Waals surface area (Å²) in [6, 6.07) is 10.1. The number of nitrogens with two attached hydrogens (primary N) is 2. The van der Waals surface area contributed by atoms with Crippen LogP contribution in [0.4, 0.5) is 0 Å². The van der Waals surface area contributed by atoms with Crippen molar-refractivity contribution in [2.75, 3.05) is 12.0 Å². The van der Waals surface area contributed by atoms with Crippen LogP contribution in [0.1, 0.15) is 24.0 Å². The molecule has 0 radical (unpaired) electrons. The second-order valence-electron chi connectivity index (χ2n) is 10.7. The number of carboxylic acids is 1. The van der Waals surface area contributed by atoms with Crippen molar-refractivity contribution in [2.24, 2.45) is 11.5 Å². The van der Waals surface area contributed by atoms with E-state index in [0.29, 0.717) is 11.3 Å². The molecule has 0 aliphatic carbocycles. The third-order valence-corrected chi connectivity index (χ3v) is 8.09. The molecule has 0 saturated carbocycles. The number of fused-ring (bicyclic) bond motifs is 2. The highest BCUT2D eigenvalue weighted by Gasteiger charge is 2.31. The van der Waals surface area contributed by atoms with Crippen LogP contribution < -0.4 is 27.4 Å². The highest BCUT2D eigenvalue weighted by atomic mass is 32.2. The summed E-state index contributed by atoms with van der Waals surface area (Å²) in [4.78, 5) is 69.8. The summed E-state index contributed by atoms with van der Waals surface area (Å²) in [5.41, 5.74) is 14.0. The number of aliphatic carboxylic acids is 1. The average Bonchev–Trinajstić information content (AvgIpc) is 3.62. The molecule has 0 saturated heterocycles. The summed E-state index contributed by atoms with van der Waals surface area (Å²) in [5.74, 6) is -3.61. The molecular weight excluding hydrogens is 598 g/mol. The molecule has 13 nitrogen and oxygen atoms in total. The van der Waals surface area contributed by atoms with Crippen molar-refractivity contribution in [3.8, 4) is 0 Å². The first-order valence-electron chi connectivity index (χ1n) is 14.3. The predicted molar refractivity (Wildman–Crippen MR) is 172 cm³/mol. The first-order valence-corrected chi connectivity index (χ1v) is 15.7. The first-order chi connectivity index (χ1) is 21.6. The van der Waals surface area contributed by atoms with Gasteiger partial charge in [-0.1, -0.05) is 36.4 Å². The van der Waals surface area contributed by atoms with E-state index in [1.54, 1.807) is 12.4 Å². The summed E-state index contributed by atoms with van der Waals surface area (Å²) in [6.45, 7) is 0. The van der Waals surface area contributed by atoms with Gasteiger partial charge in [0, 0.05) is 47.0 Å². The zero-order chi connectivity index (χ0) is 32.5. The van der Waals surface area contributed by atoms with E-state index in [-0.39, 0.29) is 19.3 Å². The number of aromatic amines is 2. The maximum Gasteiger partial charge on any atom is 0.326 e. The van der Waals surface area contributed by atoms with Crippen LogP contribution in [0.2, 0.25) is 0 Å². The van der Waals surface area contributed by atoms with Gasteiger partial charge in [-0.3, -0.25) is 19.2 Å². The van der Waals surface area contributed by atoms with Crippen molar-refractivity contribution < 1.29 is 29.1 Å². The third-order valence-electron chi connectivity index (χ3n) is 7.45. The largest absolute Gasteiger partial charge is 0.480 e. The van der Waals surface area contributed by atoms with Crippen molar-refractivity contribution in [1.29, 1.82) is 0 Å². The van der Waals surface area contributed by atoms with E-state index >= 15 is 0 Å². The van der Waals surface area contributed by atoms with E-state index in [0.717, 1.165) is 27.4 Å². The molecule has 0 aliphatic rings. The first kappa shape index (κ1) is 33.1. The Kier molecular flexibility index (Phi) is 11.2. The topological polar surface area (TPSA) is 225 Å². The third kappa shape index (κ3) is 8.64. The molecule has 4 rings (SSSR count). The molecule has 238 valence electrons. The number of H-pyrrole nitrogens is 2. The van der Waals surface area contributed by atoms with Crippen LogP contribution in [-0.2, 0) is 36.8 Å². The van der Waals surface area contributed by atoms with E-state index < -0.39 is 60.2 Å². The van der Waals surface area contributed by atoms with E-state index in [2.05, 4.69) is 25.9 Å². The number of hydrogen-bond donors (Lipinski definition) is 8. The van der Waals surface area contributed by atoms with Crippen LogP contribution >= 0.6 is 11.8 Å². The highest BCUT2D eigenvalue weighted by Crippen LogP contribution is 2.21. The van der Waals surface area contributed by atoms with Gasteiger partial charge in [0.25, 0.3) is 0 Å². The number of carbonyl (C=O) groups excluding carboxylic acids is 4. The number of thioether (sulfide) groups is 1. The van der Waals surface area contributed by atoms with Crippen molar-refractivity contribution in [3.63, 3.8) is 0 Å². The number of para-hydroxylation sites is 2. The Labute approximate surface area is 263 Å². The summed E-state index contributed by atoms with van der Waals surface area (Å²) < 4.78 is 0. The second kappa shape index (κ2) is 15.3. The Bertz CT molecular complexity index is 1680. The number of hydrogen-bond acceptors (Lipinski definition) is 7. The monoisotopic (exact) mass is 635 g/mol. The minimum Gasteiger partial charge on any atom is -0.480 e. The molecule has 14 heteroatoms. The van der Waals surface area contributed by atoms with Crippen molar-refractivity contribution in [1.82, 2.24) is 25.9 Å². The molecule has 2 heterocycles. The van der Waals surface area contributed by atoms with E-state index in [1.807, 2.05) is 54.8 Å². The van der Waals surface area contributed by atoms with Crippen LogP contribution in [0.15, 0.2) is 60.9 Å². The summed E-state index contributed by atoms with van der Waals surface area (Å²) in [5, 5.41) is 19.6. The molecule has 0 bridgehead atoms. The number of nitrogens with one attached hydrogen (secondary N) is 5. The minimum absolute atomic E-state index is 0.00297. The molecular formula is C31H37N7O6S. The molecule has 4 atom stereocenters. The SMILES string of the molecule is CSCCC(NC(=O)C(N)CC(N)=O)C(=O)NC(Cc1c[nH]c2ccccc12)C(=O)NC(Cc1c[nH]c2ccccc12)C(=O)O. The number of carbonyl (C=O) groups is 5. The molecule has 4 unspecified atom stereocenters. The van der Waals surface area contributed by atoms with E-state index in [4.69, 9.17) is 11.5 Å². The van der Waals surface area contributed by atoms with Crippen LogP contribution in [0.3, 0.4) is 0 Å². The molecule has 0 spiro atoms. The Hall–Kier alpha value is -4.82. The highest BCUT2D eigenvalue weighted by molar-refractivity contribution is 7.98. The van der Waals surface area contributed by atoms with Crippen LogP contribution in [0, 0.1) is 0 Å². The predicted octanol–water partition coefficient (Wildman–Crippen LogP) is 0.929. The Balaban J connectivity index is 1.58. The Morgan fingerprint density at radius 3 is 1.80 bits per heavy atom. The fourth-order valence-electron chi connectivity index (χ4n) is 5.09. The maximum absolute atomic E-state index is 13.8. The average molecular weight is 636 g/mol. The number of rotatable bonds is 16. The smallest absolute Gasteiger partial charge is 0.326 e. The second-order valence-corrected chi connectivity index (χ2v) is 11.7. The Morgan fingerprint density at radius 1 is 0.778 bits per heavy atom. The van der Waals surface area contributed by atoms with E-state index in [1.165, 1.54) is 11.8 Å². The van der Waals surface area contributed by atoms with Crippen LogP contribution in [0.25, 0.3) is 21.8 Å². The molecule has 4 amide bonds. The molecule has 10 N–H and O–H groups in total. The summed E-state index contributed by atoms with van der Waals surface area (Å²) >= 11 is 1.45. The van der Waals surface area contributed by atoms with Crippen molar-refractivity contribution >= 4 is 63.2 Å². The molecule has 45 heavy (non-hydrogen) atoms. The van der Waals surface area contributed by atoms with Crippen molar-refractivity contribution in [2.45, 2.75) is 49.9 Å². The lowest BCUT2D eigenvalue weighted by Crippen LogP contribution is -2.58. The van der Waals surface area contributed by atoms with Gasteiger partial charge in [0.05, 0.1) is 12.5 Å². The molecule has 4 aromatic rings. The number of primary amides is 1. The van der Waals surface area contributed by atoms with E-state index in [9.17, 15) is 29.1 Å². The number of aromatic nitrogens is 2. The number of amides is 4. The fraction of sp³-hybridized carbons (Fsp3) is 0.323. The van der Waals surface area contributed by atoms with Crippen molar-refractivity contribution in [3.05, 3.63) is 72.1 Å². The fourth-order valence-corrected chi connectivity index (χ4v) is 5.56. The standard InChI is InChI=1S/C31H37N7O6S/c1-45-11-10-24(36-28(40)21(32)14-27(33)39)29(41)37-25(12-17-15-34-22-8-4-2-6-19(17)22)30(42)38-26(31(43)44)13-18-16-35-23-9-5-3-7-20(18)23/h2-9,15-16,21,24-26,34-35H,10-14,32H2,1H3,(H2,33,39)(H,36,40)(H,37,41)(H,38,42)(H,43,44). The molecule has 0 fully saturated rings. The zero-order valence-electron chi connectivity index (χ0n) is 24.7. The molecule has 2 aromatic heterocycles. The number of carboxylic acid groups (broad SMARTS) is 1. The Morgan fingerprint density at radius 2 is 1.27 bits per heavy atom. The molecule has 2 aromatic carbocycles. The lowest BCUT2D eigenvalue weighted by molar-refractivity contribution is -0.142. The zero-order valence-corrected chi connectivity index (χ0v) is 25.5. The van der Waals surface area contributed by atoms with Gasteiger partial charge in [0.15, 0.2) is 0 Å². The molecule has 0 aliphatic heterocycles. The minimum atomic E-state index is -1.29. The van der Waals surface area contributed by atoms with Crippen LogP contribution in [0.5, 0.6) is 0 Å². The summed E-state index contributed by atoms with van der Waals surface area (Å²) in [7, 11) is 0.